The molecule has 1 heterocycles. The van der Waals surface area contributed by atoms with Crippen molar-refractivity contribution in [3.8, 4) is 0 Å². The summed E-state index contributed by atoms with van der Waals surface area (Å²) in [7, 11) is 1.45. The fraction of sp³-hybridized carbons (Fsp3) is 0.533. The van der Waals surface area contributed by atoms with E-state index < -0.39 is 5.60 Å². The number of carbonyl (C=O) groups is 1. The Kier molecular flexibility index (Phi) is 1.40. The van der Waals surface area contributed by atoms with E-state index in [0.717, 1.165) is 29.2 Å². The van der Waals surface area contributed by atoms with E-state index >= 15 is 0 Å². The third kappa shape index (κ3) is 0.767. The van der Waals surface area contributed by atoms with Gasteiger partial charge in [0.1, 0.15) is 0 Å². The van der Waals surface area contributed by atoms with Crippen LogP contribution in [0.2, 0.25) is 0 Å². The molecule has 0 spiro atoms. The van der Waals surface area contributed by atoms with Crippen molar-refractivity contribution in [2.45, 2.75) is 11.7 Å². The Hall–Kier alpha value is -1.35. The molecule has 4 unspecified atom stereocenters. The van der Waals surface area contributed by atoms with Crippen molar-refractivity contribution in [1.29, 1.82) is 0 Å². The Balaban J connectivity index is 1.62. The van der Waals surface area contributed by atoms with Crippen LogP contribution in [0.15, 0.2) is 30.3 Å². The lowest BCUT2D eigenvalue weighted by Crippen LogP contribution is -2.60. The summed E-state index contributed by atoms with van der Waals surface area (Å²) < 4.78 is 11.1. The van der Waals surface area contributed by atoms with Crippen LogP contribution in [0, 0.1) is 29.6 Å². The first-order chi connectivity index (χ1) is 8.80. The zero-order valence-electron chi connectivity index (χ0n) is 10.1. The number of ether oxygens (including phenoxy) is 2. The molecule has 2 bridgehead atoms. The van der Waals surface area contributed by atoms with E-state index in [2.05, 4.69) is 0 Å². The van der Waals surface area contributed by atoms with Gasteiger partial charge in [-0.05, 0) is 29.2 Å². The Morgan fingerprint density at radius 1 is 1.17 bits per heavy atom. The van der Waals surface area contributed by atoms with Gasteiger partial charge in [0.25, 0.3) is 0 Å². The van der Waals surface area contributed by atoms with Crippen molar-refractivity contribution < 1.29 is 14.3 Å². The minimum Gasteiger partial charge on any atom is -0.467 e. The van der Waals surface area contributed by atoms with Crippen LogP contribution in [0.25, 0.3) is 0 Å². The van der Waals surface area contributed by atoms with Gasteiger partial charge in [-0.25, -0.2) is 4.79 Å². The van der Waals surface area contributed by atoms with Crippen LogP contribution >= 0.6 is 0 Å². The molecule has 5 aliphatic rings. The van der Waals surface area contributed by atoms with Gasteiger partial charge < -0.3 is 9.47 Å². The topological polar surface area (TPSA) is 35.5 Å². The molecule has 92 valence electrons. The lowest BCUT2D eigenvalue weighted by atomic mass is 9.73. The maximum absolute atomic E-state index is 12.3. The molecule has 1 saturated heterocycles. The zero-order chi connectivity index (χ0) is 12.1. The van der Waals surface area contributed by atoms with Crippen LogP contribution in [0.3, 0.4) is 0 Å². The number of rotatable bonds is 2. The second-order valence-electron chi connectivity index (χ2n) is 6.01. The van der Waals surface area contributed by atoms with E-state index in [4.69, 9.17) is 9.47 Å². The van der Waals surface area contributed by atoms with Crippen LogP contribution in [0.4, 0.5) is 0 Å². The maximum Gasteiger partial charge on any atom is 0.343 e. The zero-order valence-corrected chi connectivity index (χ0v) is 10.1. The second kappa shape index (κ2) is 2.64. The average Bonchev–Trinajstić information content (AvgIpc) is 3.24. The van der Waals surface area contributed by atoms with E-state index in [1.807, 2.05) is 30.3 Å². The first-order valence-corrected chi connectivity index (χ1v) is 6.62. The molecule has 4 aliphatic carbocycles. The predicted molar refractivity (Wildman–Crippen MR) is 62.5 cm³/mol. The lowest BCUT2D eigenvalue weighted by molar-refractivity contribution is -0.261. The van der Waals surface area contributed by atoms with E-state index in [1.54, 1.807) is 0 Å². The van der Waals surface area contributed by atoms with Gasteiger partial charge in [0.15, 0.2) is 5.60 Å². The summed E-state index contributed by atoms with van der Waals surface area (Å²) in [6.07, 6.45) is 0.323. The van der Waals surface area contributed by atoms with Crippen molar-refractivity contribution >= 4 is 5.97 Å². The highest BCUT2D eigenvalue weighted by Crippen LogP contribution is 2.89. The quantitative estimate of drug-likeness (QED) is 0.739. The van der Waals surface area contributed by atoms with Crippen LogP contribution < -0.4 is 0 Å². The van der Waals surface area contributed by atoms with Gasteiger partial charge in [0.2, 0.25) is 0 Å². The van der Waals surface area contributed by atoms with Crippen molar-refractivity contribution in [2.75, 3.05) is 7.11 Å². The van der Waals surface area contributed by atoms with E-state index in [9.17, 15) is 4.79 Å². The van der Waals surface area contributed by atoms with E-state index in [1.165, 1.54) is 7.11 Å². The summed E-state index contributed by atoms with van der Waals surface area (Å²) in [6.45, 7) is 0. The Morgan fingerprint density at radius 2 is 1.89 bits per heavy atom. The molecule has 1 aliphatic heterocycles. The summed E-state index contributed by atoms with van der Waals surface area (Å²) in [6, 6.07) is 9.85. The van der Waals surface area contributed by atoms with Crippen LogP contribution in [-0.4, -0.2) is 19.2 Å². The van der Waals surface area contributed by atoms with Crippen LogP contribution in [0.1, 0.15) is 5.56 Å². The van der Waals surface area contributed by atoms with E-state index in [-0.39, 0.29) is 5.97 Å². The van der Waals surface area contributed by atoms with Gasteiger partial charge in [-0.15, -0.1) is 0 Å². The SMILES string of the molecule is COC(=O)[C@]1(c2ccccc2)OC2C3C4C3C4C21. The average molecular weight is 242 g/mol. The first-order valence-electron chi connectivity index (χ1n) is 6.62. The number of esters is 1. The number of benzene rings is 1. The van der Waals surface area contributed by atoms with Crippen molar-refractivity contribution in [3.05, 3.63) is 35.9 Å². The fourth-order valence-corrected chi connectivity index (χ4v) is 4.79. The molecule has 6 rings (SSSR count). The van der Waals surface area contributed by atoms with Gasteiger partial charge in [-0.3, -0.25) is 0 Å². The minimum atomic E-state index is -0.802. The molecule has 1 aromatic carbocycles. The standard InChI is InChI=1S/C15H14O3/c1-17-14(16)15(7-5-3-2-4-6-7)12-10-8-9(10)11(8)13(12)18-15/h2-6,8-13H,1H3/t8?,9?,10?,11?,12?,13?,15-/m1/s1. The maximum atomic E-state index is 12.3. The summed E-state index contributed by atoms with van der Waals surface area (Å²) in [4.78, 5) is 12.3. The second-order valence-corrected chi connectivity index (χ2v) is 6.01. The number of methoxy groups -OCH3 is 1. The van der Waals surface area contributed by atoms with E-state index in [0.29, 0.717) is 12.0 Å². The molecular weight excluding hydrogens is 228 g/mol. The molecule has 3 nitrogen and oxygen atoms in total. The fourth-order valence-electron chi connectivity index (χ4n) is 4.79. The van der Waals surface area contributed by atoms with Gasteiger partial charge in [0, 0.05) is 5.92 Å². The molecule has 0 aromatic heterocycles. The molecule has 1 aromatic rings. The summed E-state index contributed by atoms with van der Waals surface area (Å²) >= 11 is 0. The predicted octanol–water partition coefficient (Wildman–Crippen LogP) is 1.58. The normalized spacial score (nSPS) is 52.9. The largest absolute Gasteiger partial charge is 0.467 e. The minimum absolute atomic E-state index is 0.220. The third-order valence-electron chi connectivity index (χ3n) is 5.57. The van der Waals surface area contributed by atoms with Gasteiger partial charge in [0.05, 0.1) is 13.2 Å². The molecule has 4 saturated carbocycles. The lowest BCUT2D eigenvalue weighted by Gasteiger charge is -2.49. The third-order valence-corrected chi connectivity index (χ3v) is 5.57. The summed E-state index contributed by atoms with van der Waals surface area (Å²) in [5.74, 6) is 3.38. The first kappa shape index (κ1) is 9.56. The van der Waals surface area contributed by atoms with Gasteiger partial charge in [-0.2, -0.15) is 0 Å². The number of carbonyl (C=O) groups excluding carboxylic acids is 1. The summed E-state index contributed by atoms with van der Waals surface area (Å²) in [5.41, 5.74) is 0.161. The molecule has 0 amide bonds. The Labute approximate surface area is 105 Å². The van der Waals surface area contributed by atoms with Crippen LogP contribution in [0.5, 0.6) is 0 Å². The molecule has 18 heavy (non-hydrogen) atoms. The molecule has 0 radical (unpaired) electrons. The molecule has 0 N–H and O–H groups in total. The van der Waals surface area contributed by atoms with Gasteiger partial charge >= 0.3 is 5.97 Å². The molecule has 5 atom stereocenters. The molecule has 5 fully saturated rings. The molecule has 3 heteroatoms. The Bertz CT molecular complexity index is 544. The van der Waals surface area contributed by atoms with Gasteiger partial charge in [-0.1, -0.05) is 30.3 Å². The number of hydrogen-bond donors (Lipinski definition) is 0. The van der Waals surface area contributed by atoms with Crippen molar-refractivity contribution in [2.24, 2.45) is 29.6 Å². The molecular formula is C15H14O3. The van der Waals surface area contributed by atoms with Crippen molar-refractivity contribution in [1.82, 2.24) is 0 Å². The van der Waals surface area contributed by atoms with Crippen LogP contribution in [-0.2, 0) is 19.9 Å². The van der Waals surface area contributed by atoms with Crippen molar-refractivity contribution in [3.63, 3.8) is 0 Å². The highest BCUT2D eigenvalue weighted by Gasteiger charge is 2.92. The highest BCUT2D eigenvalue weighted by atomic mass is 16.6. The Morgan fingerprint density at radius 3 is 2.50 bits per heavy atom. The highest BCUT2D eigenvalue weighted by molar-refractivity contribution is 5.84. The number of hydrogen-bond acceptors (Lipinski definition) is 3. The summed E-state index contributed by atoms with van der Waals surface area (Å²) in [5, 5.41) is 0. The smallest absolute Gasteiger partial charge is 0.343 e. The monoisotopic (exact) mass is 242 g/mol.